The third kappa shape index (κ3) is 17.4. The number of likely N-dealkylation sites (tertiary alicyclic amines) is 2. The van der Waals surface area contributed by atoms with Crippen LogP contribution in [0.15, 0.2) is 30.3 Å². The molecule has 4 rings (SSSR count). The number of hydrogen-bond acceptors (Lipinski definition) is 12. The topological polar surface area (TPSA) is 213 Å². The largest absolute Gasteiger partial charge is 0.381 e. The summed E-state index contributed by atoms with van der Waals surface area (Å²) in [6.07, 6.45) is 4.52. The van der Waals surface area contributed by atoms with E-state index >= 15 is 0 Å². The minimum Gasteiger partial charge on any atom is -0.381 e. The Labute approximate surface area is 473 Å². The maximum Gasteiger partial charge on any atom is 0.269 e. The van der Waals surface area contributed by atoms with Crippen LogP contribution < -0.4 is 16.1 Å². The van der Waals surface area contributed by atoms with Crippen molar-refractivity contribution in [2.45, 2.75) is 203 Å². The van der Waals surface area contributed by atoms with E-state index in [4.69, 9.17) is 14.3 Å². The Morgan fingerprint density at radius 3 is 2.05 bits per heavy atom. The number of amides is 7. The number of carbonyl (C=O) groups is 8. The highest BCUT2D eigenvalue weighted by atomic mass is 16.7. The molecule has 446 valence electrons. The zero-order chi connectivity index (χ0) is 59.1. The summed E-state index contributed by atoms with van der Waals surface area (Å²) in [4.78, 5) is 120. The number of imide groups is 1. The molecule has 13 atom stereocenters. The van der Waals surface area contributed by atoms with Gasteiger partial charge in [-0.15, -0.1) is 0 Å². The Hall–Kier alpha value is -4.78. The van der Waals surface area contributed by atoms with E-state index in [0.717, 1.165) is 37.7 Å². The molecule has 0 radical (unpaired) electrons. The fourth-order valence-corrected chi connectivity index (χ4v) is 12.4. The molecule has 3 aliphatic heterocycles. The van der Waals surface area contributed by atoms with Crippen LogP contribution in [0.2, 0.25) is 0 Å². The maximum atomic E-state index is 14.6. The molecule has 1 aromatic carbocycles. The number of hydrogen-bond donors (Lipinski definition) is 3. The van der Waals surface area contributed by atoms with Crippen molar-refractivity contribution in [2.24, 2.45) is 52.8 Å². The van der Waals surface area contributed by atoms with E-state index in [1.54, 1.807) is 28.2 Å². The van der Waals surface area contributed by atoms with Crippen molar-refractivity contribution in [1.82, 2.24) is 35.9 Å². The standard InChI is InChI=1S/C61H101N7O11/c1-17-39(7)51(40(8)34-41(9)55(72)52(37(3)4)62-58(74)54(38(5)6)65(14)64-48(69)29-25-31-67-49(70)35-45(59(67)75)61(12,13)18-2)47(77-15)36-50(71)66-30-24-28-46(66)56(78-16)43(11)57(73)63-53(42(10)44-26-20-19-21-27-44)60(76)68-32-22-23-33-79-68/h19-21,26-27,37-43,45-47,51-54,56H,17-18,22-25,28-36H2,1-16H3,(H,62,74)(H,63,73)(H,64,69)/t39-,40+,41?,42-,43+,45?,46-,47+,51?,52-,53-,54-,56+/m0/s1. The van der Waals surface area contributed by atoms with E-state index in [0.29, 0.717) is 32.5 Å². The van der Waals surface area contributed by atoms with Crippen molar-refractivity contribution < 1.29 is 52.7 Å². The third-order valence-corrected chi connectivity index (χ3v) is 17.9. The average molecular weight is 1110 g/mol. The molecular weight excluding hydrogens is 1010 g/mol. The summed E-state index contributed by atoms with van der Waals surface area (Å²) in [7, 11) is 4.80. The van der Waals surface area contributed by atoms with Crippen LogP contribution in [0.1, 0.15) is 172 Å². The monoisotopic (exact) mass is 1110 g/mol. The normalized spacial score (nSPS) is 21.5. The maximum absolute atomic E-state index is 14.6. The van der Waals surface area contributed by atoms with Gasteiger partial charge in [0.25, 0.3) is 5.91 Å². The quantitative estimate of drug-likeness (QED) is 0.0488. The molecule has 18 nitrogen and oxygen atoms in total. The number of hydroxylamine groups is 2. The van der Waals surface area contributed by atoms with Crippen molar-refractivity contribution in [2.75, 3.05) is 47.5 Å². The molecule has 1 aromatic rings. The van der Waals surface area contributed by atoms with Crippen molar-refractivity contribution >= 4 is 47.1 Å². The molecule has 0 aliphatic carbocycles. The summed E-state index contributed by atoms with van der Waals surface area (Å²) < 4.78 is 12.3. The summed E-state index contributed by atoms with van der Waals surface area (Å²) in [5, 5.41) is 8.97. The zero-order valence-electron chi connectivity index (χ0n) is 50.9. The van der Waals surface area contributed by atoms with Gasteiger partial charge >= 0.3 is 0 Å². The molecule has 3 unspecified atom stereocenters. The number of rotatable bonds is 31. The molecule has 79 heavy (non-hydrogen) atoms. The Kier molecular flexibility index (Phi) is 26.1. The van der Waals surface area contributed by atoms with E-state index in [-0.39, 0.29) is 120 Å². The summed E-state index contributed by atoms with van der Waals surface area (Å²) in [5.41, 5.74) is 3.42. The number of ketones is 1. The molecule has 3 fully saturated rings. The van der Waals surface area contributed by atoms with Crippen LogP contribution >= 0.6 is 0 Å². The molecule has 3 heterocycles. The Morgan fingerprint density at radius 1 is 0.823 bits per heavy atom. The molecule has 0 spiro atoms. The van der Waals surface area contributed by atoms with E-state index in [1.807, 2.05) is 97.5 Å². The van der Waals surface area contributed by atoms with Crippen LogP contribution in [0.4, 0.5) is 0 Å². The summed E-state index contributed by atoms with van der Waals surface area (Å²) in [6.45, 7) is 27.0. The van der Waals surface area contributed by atoms with Crippen LogP contribution in [-0.2, 0) is 52.7 Å². The lowest BCUT2D eigenvalue weighted by atomic mass is 9.73. The molecular formula is C61H101N7O11. The summed E-state index contributed by atoms with van der Waals surface area (Å²) in [6, 6.07) is 6.69. The predicted molar refractivity (Wildman–Crippen MR) is 304 cm³/mol. The van der Waals surface area contributed by atoms with E-state index in [9.17, 15) is 38.4 Å². The lowest BCUT2D eigenvalue weighted by molar-refractivity contribution is -0.200. The Morgan fingerprint density at radius 2 is 1.48 bits per heavy atom. The van der Waals surface area contributed by atoms with Crippen molar-refractivity contribution in [3.05, 3.63) is 35.9 Å². The molecule has 3 saturated heterocycles. The van der Waals surface area contributed by atoms with Gasteiger partial charge in [0.15, 0.2) is 5.78 Å². The first-order chi connectivity index (χ1) is 37.3. The van der Waals surface area contributed by atoms with Crippen LogP contribution in [0, 0.1) is 52.8 Å². The number of benzene rings is 1. The highest BCUT2D eigenvalue weighted by molar-refractivity contribution is 6.04. The van der Waals surface area contributed by atoms with E-state index in [1.165, 1.54) is 15.0 Å². The van der Waals surface area contributed by atoms with Crippen LogP contribution in [0.25, 0.3) is 0 Å². The van der Waals surface area contributed by atoms with Gasteiger partial charge in [-0.3, -0.25) is 53.5 Å². The lowest BCUT2D eigenvalue weighted by Gasteiger charge is -2.39. The summed E-state index contributed by atoms with van der Waals surface area (Å²) in [5.74, 6) is -4.52. The second-order valence-corrected chi connectivity index (χ2v) is 24.6. The smallest absolute Gasteiger partial charge is 0.269 e. The Bertz CT molecular complexity index is 2190. The number of carbonyl (C=O) groups excluding carboxylic acids is 8. The minimum absolute atomic E-state index is 0.0394. The molecule has 3 aliphatic rings. The zero-order valence-corrected chi connectivity index (χ0v) is 50.9. The van der Waals surface area contributed by atoms with Crippen molar-refractivity contribution in [1.29, 1.82) is 0 Å². The van der Waals surface area contributed by atoms with Gasteiger partial charge in [0, 0.05) is 65.6 Å². The fourth-order valence-electron chi connectivity index (χ4n) is 12.4. The average Bonchev–Trinajstić information content (AvgIpc) is 4.02. The van der Waals surface area contributed by atoms with Gasteiger partial charge in [-0.2, -0.15) is 0 Å². The van der Waals surface area contributed by atoms with Crippen molar-refractivity contribution in [3.63, 3.8) is 0 Å². The first-order valence-corrected chi connectivity index (χ1v) is 29.6. The molecule has 0 aromatic heterocycles. The highest BCUT2D eigenvalue weighted by Crippen LogP contribution is 2.39. The number of methoxy groups -OCH3 is 2. The summed E-state index contributed by atoms with van der Waals surface area (Å²) >= 11 is 0. The SMILES string of the molecule is CC[C@H](C)C([C@H](C)CC(C)C(=O)[C@@H](NC(=O)[C@H](C(C)C)N(C)NC(=O)CCCN1C(=O)CC(C(C)(C)CC)C1=O)C(C)C)[C@@H](CC(=O)N1CCC[C@H]1[C@H](OC)[C@@H](C)C(=O)N[C@H](C(=O)N1CCCCO1)[C@@H](C)c1ccccc1)OC. The van der Waals surface area contributed by atoms with Gasteiger partial charge in [0.1, 0.15) is 12.1 Å². The first-order valence-electron chi connectivity index (χ1n) is 29.6. The third-order valence-electron chi connectivity index (χ3n) is 17.9. The number of hydrazine groups is 1. The van der Waals surface area contributed by atoms with Gasteiger partial charge < -0.3 is 25.0 Å². The first kappa shape index (κ1) is 66.7. The van der Waals surface area contributed by atoms with Gasteiger partial charge in [-0.1, -0.05) is 133 Å². The van der Waals surface area contributed by atoms with Gasteiger partial charge in [-0.05, 0) is 79.1 Å². The Balaban J connectivity index is 1.40. The van der Waals surface area contributed by atoms with E-state index in [2.05, 4.69) is 36.8 Å². The number of Topliss-reactive ketones (excluding diaryl/α,β-unsaturated/α-hetero) is 1. The minimum atomic E-state index is -0.894. The van der Waals surface area contributed by atoms with E-state index < -0.39 is 54.1 Å². The fraction of sp³-hybridized carbons (Fsp3) is 0.770. The molecule has 0 saturated carbocycles. The molecule has 7 amide bonds. The molecule has 0 bridgehead atoms. The second-order valence-electron chi connectivity index (χ2n) is 24.6. The van der Waals surface area contributed by atoms with Gasteiger partial charge in [-0.25, -0.2) is 10.1 Å². The van der Waals surface area contributed by atoms with Crippen LogP contribution in [0.3, 0.4) is 0 Å². The number of likely N-dealkylation sites (N-methyl/N-ethyl adjacent to an activating group) is 1. The van der Waals surface area contributed by atoms with Crippen LogP contribution in [-0.4, -0.2) is 151 Å². The number of nitrogens with zero attached hydrogens (tertiary/aromatic N) is 4. The predicted octanol–water partition coefficient (Wildman–Crippen LogP) is 7.49. The second kappa shape index (κ2) is 30.9. The van der Waals surface area contributed by atoms with Crippen molar-refractivity contribution in [3.8, 4) is 0 Å². The highest BCUT2D eigenvalue weighted by Gasteiger charge is 2.47. The van der Waals surface area contributed by atoms with Crippen LogP contribution in [0.5, 0.6) is 0 Å². The number of nitrogens with one attached hydrogen (secondary N) is 3. The molecule has 3 N–H and O–H groups in total. The number of ether oxygens (including phenoxy) is 2. The lowest BCUT2D eigenvalue weighted by Crippen LogP contribution is -2.58. The van der Waals surface area contributed by atoms with Gasteiger partial charge in [0.2, 0.25) is 35.4 Å². The van der Waals surface area contributed by atoms with Gasteiger partial charge in [0.05, 0.1) is 49.2 Å². The molecule has 18 heteroatoms.